The minimum atomic E-state index is -0.222. The van der Waals surface area contributed by atoms with E-state index in [2.05, 4.69) is 19.1 Å². The van der Waals surface area contributed by atoms with Gasteiger partial charge in [-0.15, -0.1) is 0 Å². The number of carbonyl (C=O) groups is 1. The number of ether oxygens (including phenoxy) is 1. The van der Waals surface area contributed by atoms with Crippen molar-refractivity contribution in [3.63, 3.8) is 0 Å². The second-order valence-corrected chi connectivity index (χ2v) is 6.48. The lowest BCUT2D eigenvalue weighted by Gasteiger charge is -2.33. The average Bonchev–Trinajstić information content (AvgIpc) is 2.40. The van der Waals surface area contributed by atoms with Crippen LogP contribution in [0.2, 0.25) is 0 Å². The molecule has 0 radical (unpaired) electrons. The maximum atomic E-state index is 12.6. The van der Waals surface area contributed by atoms with E-state index in [0.717, 1.165) is 35.3 Å². The van der Waals surface area contributed by atoms with Crippen LogP contribution in [0.1, 0.15) is 44.7 Å². The molecule has 1 aromatic carbocycles. The maximum Gasteiger partial charge on any atom is 0.164 e. The predicted octanol–water partition coefficient (Wildman–Crippen LogP) is 4.41. The Hall–Kier alpha value is -1.57. The molecular formula is C18H24O2. The molecule has 2 rings (SSSR count). The molecule has 0 bridgehead atoms. The number of Topliss-reactive ketones (excluding diaryl/α,β-unsaturated/α-hetero) is 1. The van der Waals surface area contributed by atoms with Crippen LogP contribution in [0.15, 0.2) is 23.8 Å². The van der Waals surface area contributed by atoms with Crippen molar-refractivity contribution >= 4 is 11.9 Å². The third-order valence-electron chi connectivity index (χ3n) is 4.35. The predicted molar refractivity (Wildman–Crippen MR) is 82.9 cm³/mol. The van der Waals surface area contributed by atoms with Gasteiger partial charge in [-0.1, -0.05) is 26.8 Å². The average molecular weight is 272 g/mol. The van der Waals surface area contributed by atoms with Crippen molar-refractivity contribution in [2.45, 2.75) is 40.5 Å². The van der Waals surface area contributed by atoms with Gasteiger partial charge in [0.15, 0.2) is 5.78 Å². The molecule has 1 aromatic rings. The number of rotatable bonds is 2. The van der Waals surface area contributed by atoms with Gasteiger partial charge in [0.05, 0.1) is 7.11 Å². The molecule has 0 amide bonds. The molecule has 20 heavy (non-hydrogen) atoms. The van der Waals surface area contributed by atoms with Gasteiger partial charge in [0.2, 0.25) is 0 Å². The number of allylic oxidation sites excluding steroid dienone is 1. The molecule has 0 aromatic heterocycles. The molecule has 1 aliphatic rings. The van der Waals surface area contributed by atoms with Crippen LogP contribution in [-0.2, 0) is 4.79 Å². The maximum absolute atomic E-state index is 12.6. The lowest BCUT2D eigenvalue weighted by Crippen LogP contribution is -2.33. The Kier molecular flexibility index (Phi) is 4.03. The smallest absolute Gasteiger partial charge is 0.164 e. The van der Waals surface area contributed by atoms with Crippen molar-refractivity contribution in [2.75, 3.05) is 7.11 Å². The van der Waals surface area contributed by atoms with Gasteiger partial charge in [0.1, 0.15) is 5.75 Å². The van der Waals surface area contributed by atoms with Gasteiger partial charge in [-0.25, -0.2) is 0 Å². The molecule has 0 spiro atoms. The lowest BCUT2D eigenvalue weighted by molar-refractivity contribution is -0.125. The third-order valence-corrected chi connectivity index (χ3v) is 4.35. The van der Waals surface area contributed by atoms with Gasteiger partial charge in [-0.3, -0.25) is 4.79 Å². The number of methoxy groups -OCH3 is 1. The fourth-order valence-electron chi connectivity index (χ4n) is 2.84. The summed E-state index contributed by atoms with van der Waals surface area (Å²) in [5.41, 5.74) is 2.92. The van der Waals surface area contributed by atoms with Gasteiger partial charge >= 0.3 is 0 Å². The highest BCUT2D eigenvalue weighted by Gasteiger charge is 2.36. The highest BCUT2D eigenvalue weighted by atomic mass is 16.5. The molecule has 1 aliphatic carbocycles. The van der Waals surface area contributed by atoms with Crippen molar-refractivity contribution in [3.05, 3.63) is 34.9 Å². The summed E-state index contributed by atoms with van der Waals surface area (Å²) in [4.78, 5) is 12.6. The first-order valence-electron chi connectivity index (χ1n) is 7.26. The van der Waals surface area contributed by atoms with Crippen LogP contribution in [0, 0.1) is 18.3 Å². The van der Waals surface area contributed by atoms with E-state index in [9.17, 15) is 4.79 Å². The summed E-state index contributed by atoms with van der Waals surface area (Å²) in [6.45, 7) is 8.27. The summed E-state index contributed by atoms with van der Waals surface area (Å²) in [7, 11) is 1.68. The molecule has 0 N–H and O–H groups in total. The minimum absolute atomic E-state index is 0.222. The van der Waals surface area contributed by atoms with Gasteiger partial charge in [-0.2, -0.15) is 0 Å². The van der Waals surface area contributed by atoms with Gasteiger partial charge < -0.3 is 4.74 Å². The zero-order chi connectivity index (χ0) is 14.9. The van der Waals surface area contributed by atoms with Crippen LogP contribution >= 0.6 is 0 Å². The first-order valence-corrected chi connectivity index (χ1v) is 7.26. The zero-order valence-corrected chi connectivity index (χ0v) is 13.1. The molecule has 1 atom stereocenters. The second kappa shape index (κ2) is 5.43. The van der Waals surface area contributed by atoms with Crippen LogP contribution in [0.4, 0.5) is 0 Å². The Morgan fingerprint density at radius 2 is 2.05 bits per heavy atom. The van der Waals surface area contributed by atoms with Crippen molar-refractivity contribution in [1.82, 2.24) is 0 Å². The number of ketones is 1. The quantitative estimate of drug-likeness (QED) is 0.745. The van der Waals surface area contributed by atoms with Gasteiger partial charge in [-0.05, 0) is 60.6 Å². The standard InChI is InChI=1S/C18H24O2/c1-12-8-9-18(3,4)17(19)15(12)11-14-6-7-16(20-5)13(2)10-14/h6-7,10-12H,8-9H2,1-5H3/b15-11+. The summed E-state index contributed by atoms with van der Waals surface area (Å²) in [5.74, 6) is 1.53. The van der Waals surface area contributed by atoms with Crippen LogP contribution in [-0.4, -0.2) is 12.9 Å². The van der Waals surface area contributed by atoms with E-state index in [4.69, 9.17) is 4.74 Å². The molecule has 0 heterocycles. The molecule has 108 valence electrons. The van der Waals surface area contributed by atoms with Crippen LogP contribution in [0.25, 0.3) is 6.08 Å². The number of carbonyl (C=O) groups excluding carboxylic acids is 1. The molecule has 0 saturated heterocycles. The van der Waals surface area contributed by atoms with E-state index in [-0.39, 0.29) is 5.41 Å². The topological polar surface area (TPSA) is 26.3 Å². The van der Waals surface area contributed by atoms with E-state index in [1.54, 1.807) is 7.11 Å². The van der Waals surface area contributed by atoms with Crippen molar-refractivity contribution in [3.8, 4) is 5.75 Å². The fraction of sp³-hybridized carbons (Fsp3) is 0.500. The van der Waals surface area contributed by atoms with Crippen LogP contribution < -0.4 is 4.74 Å². The normalized spacial score (nSPS) is 23.9. The Morgan fingerprint density at radius 3 is 2.65 bits per heavy atom. The Balaban J connectivity index is 2.37. The number of aryl methyl sites for hydroxylation is 1. The molecule has 1 unspecified atom stereocenters. The summed E-state index contributed by atoms with van der Waals surface area (Å²) >= 11 is 0. The molecule has 1 saturated carbocycles. The van der Waals surface area contributed by atoms with E-state index in [0.29, 0.717) is 11.7 Å². The van der Waals surface area contributed by atoms with Crippen LogP contribution in [0.3, 0.4) is 0 Å². The van der Waals surface area contributed by atoms with Crippen molar-refractivity contribution in [2.24, 2.45) is 11.3 Å². The summed E-state index contributed by atoms with van der Waals surface area (Å²) < 4.78 is 5.28. The van der Waals surface area contributed by atoms with E-state index in [1.807, 2.05) is 32.9 Å². The van der Waals surface area contributed by atoms with Crippen molar-refractivity contribution in [1.29, 1.82) is 0 Å². The number of hydrogen-bond acceptors (Lipinski definition) is 2. The third kappa shape index (κ3) is 2.79. The molecule has 1 fully saturated rings. The minimum Gasteiger partial charge on any atom is -0.496 e. The summed E-state index contributed by atoms with van der Waals surface area (Å²) in [6, 6.07) is 6.05. The zero-order valence-electron chi connectivity index (χ0n) is 13.1. The molecule has 2 nitrogen and oxygen atoms in total. The highest BCUT2D eigenvalue weighted by Crippen LogP contribution is 2.39. The molecular weight excluding hydrogens is 248 g/mol. The monoisotopic (exact) mass is 272 g/mol. The summed E-state index contributed by atoms with van der Waals surface area (Å²) in [6.07, 6.45) is 4.12. The first kappa shape index (κ1) is 14.8. The van der Waals surface area contributed by atoms with E-state index in [1.165, 1.54) is 0 Å². The SMILES string of the molecule is COc1ccc(/C=C2/C(=O)C(C)(C)CCC2C)cc1C. The van der Waals surface area contributed by atoms with E-state index < -0.39 is 0 Å². The summed E-state index contributed by atoms with van der Waals surface area (Å²) in [5, 5.41) is 0. The number of benzene rings is 1. The van der Waals surface area contributed by atoms with Crippen LogP contribution in [0.5, 0.6) is 5.75 Å². The first-order chi connectivity index (χ1) is 9.35. The molecule has 0 aliphatic heterocycles. The fourth-order valence-corrected chi connectivity index (χ4v) is 2.84. The van der Waals surface area contributed by atoms with E-state index >= 15 is 0 Å². The van der Waals surface area contributed by atoms with Gasteiger partial charge in [0.25, 0.3) is 0 Å². The van der Waals surface area contributed by atoms with Crippen molar-refractivity contribution < 1.29 is 9.53 Å². The Morgan fingerprint density at radius 1 is 1.35 bits per heavy atom. The number of hydrogen-bond donors (Lipinski definition) is 0. The Bertz CT molecular complexity index is 553. The van der Waals surface area contributed by atoms with Gasteiger partial charge in [0, 0.05) is 5.41 Å². The molecule has 2 heteroatoms. The highest BCUT2D eigenvalue weighted by molar-refractivity contribution is 6.04. The second-order valence-electron chi connectivity index (χ2n) is 6.48. The lowest BCUT2D eigenvalue weighted by atomic mass is 9.69. The Labute approximate surface area is 121 Å². The largest absolute Gasteiger partial charge is 0.496 e.